The molecule has 0 aliphatic heterocycles. The van der Waals surface area contributed by atoms with Crippen LogP contribution in [-0.4, -0.2) is 28.8 Å². The van der Waals surface area contributed by atoms with E-state index in [0.717, 1.165) is 31.1 Å². The minimum atomic E-state index is -1.92. The SMILES string of the molecule is C=C1C(C/C=C2\CCC[C@]3(C)[C@@H]([C@H](C)/C=C/I)CC[C@@H]23)C[C@@H](O[Si](C)(C)C(C)(C)C)C[C@@H]1O[Si](C)(C)C(C)(C)C. The highest BCUT2D eigenvalue weighted by Gasteiger charge is 2.50. The second-order valence-electron chi connectivity index (χ2n) is 16.9. The van der Waals surface area contributed by atoms with Gasteiger partial charge in [0, 0.05) is 12.5 Å². The van der Waals surface area contributed by atoms with E-state index in [1.807, 2.05) is 0 Å². The number of allylic oxidation sites excluding steroid dienone is 3. The first-order chi connectivity index (χ1) is 18.2. The molecule has 0 radical (unpaired) electrons. The van der Waals surface area contributed by atoms with Crippen LogP contribution in [0.4, 0.5) is 0 Å². The number of halogens is 1. The Bertz CT molecular complexity index is 953. The topological polar surface area (TPSA) is 18.5 Å². The molecule has 0 aromatic carbocycles. The third kappa shape index (κ3) is 7.50. The summed E-state index contributed by atoms with van der Waals surface area (Å²) in [5, 5.41) is 0.400. The molecule has 0 heterocycles. The summed E-state index contributed by atoms with van der Waals surface area (Å²) in [4.78, 5) is 0. The zero-order valence-corrected chi connectivity index (χ0v) is 32.4. The number of hydrogen-bond donors (Lipinski definition) is 0. The van der Waals surface area contributed by atoms with Gasteiger partial charge < -0.3 is 8.85 Å². The molecule has 0 amide bonds. The lowest BCUT2D eigenvalue weighted by molar-refractivity contribution is 0.0635. The van der Waals surface area contributed by atoms with Crippen molar-refractivity contribution in [1.29, 1.82) is 0 Å². The van der Waals surface area contributed by atoms with Crippen LogP contribution in [0.2, 0.25) is 36.3 Å². The average molecular weight is 699 g/mol. The third-order valence-corrected chi connectivity index (χ3v) is 21.6. The van der Waals surface area contributed by atoms with E-state index in [2.05, 4.69) is 120 Å². The molecule has 2 nitrogen and oxygen atoms in total. The molecule has 0 bridgehead atoms. The fourth-order valence-electron chi connectivity index (χ4n) is 7.54. The van der Waals surface area contributed by atoms with Gasteiger partial charge in [0.05, 0.1) is 6.10 Å². The van der Waals surface area contributed by atoms with Crippen molar-refractivity contribution in [2.45, 2.75) is 155 Å². The standard InChI is InChI=1S/C35H63IO2Si2/c1-25(20-22-36)30-18-19-31-27(15-14-21-35(30,31)9)16-17-28-23-29(37-39(10,11)33(3,4)5)24-32(26(28)2)38-40(12,13)34(6,7)8/h16,20,22,25,28-32H,2,14-15,17-19,21,23-24H2,1,3-13H3/b22-20+,27-16+/t25-,28?,29-,30-,31+,32+,35-/m1/s1. The van der Waals surface area contributed by atoms with E-state index in [4.69, 9.17) is 15.4 Å². The molecule has 0 aromatic heterocycles. The fraction of sp³-hybridized carbons (Fsp3) is 0.829. The average Bonchev–Trinajstić information content (AvgIpc) is 3.16. The molecule has 0 N–H and O–H groups in total. The maximum absolute atomic E-state index is 7.10. The lowest BCUT2D eigenvalue weighted by Gasteiger charge is -2.47. The minimum Gasteiger partial charge on any atom is -0.414 e. The molecule has 5 heteroatoms. The van der Waals surface area contributed by atoms with Crippen LogP contribution in [0.5, 0.6) is 0 Å². The molecule has 3 rings (SSSR count). The van der Waals surface area contributed by atoms with Crippen molar-refractivity contribution in [3.8, 4) is 0 Å². The summed E-state index contributed by atoms with van der Waals surface area (Å²) < 4.78 is 16.4. The molecule has 40 heavy (non-hydrogen) atoms. The van der Waals surface area contributed by atoms with Crippen LogP contribution in [0.3, 0.4) is 0 Å². The molecule has 1 unspecified atom stereocenters. The van der Waals surface area contributed by atoms with Crippen molar-refractivity contribution in [3.05, 3.63) is 34.0 Å². The minimum absolute atomic E-state index is 0.112. The first-order valence-electron chi connectivity index (χ1n) is 16.2. The summed E-state index contributed by atoms with van der Waals surface area (Å²) in [7, 11) is -3.80. The van der Waals surface area contributed by atoms with Gasteiger partial charge in [-0.25, -0.2) is 0 Å². The van der Waals surface area contributed by atoms with Gasteiger partial charge in [-0.1, -0.05) is 102 Å². The monoisotopic (exact) mass is 698 g/mol. The third-order valence-electron chi connectivity index (χ3n) is 12.2. The van der Waals surface area contributed by atoms with Gasteiger partial charge in [0.2, 0.25) is 0 Å². The normalized spacial score (nSPS) is 34.5. The Labute approximate surface area is 265 Å². The van der Waals surface area contributed by atoms with Gasteiger partial charge in [-0.05, 0) is 120 Å². The van der Waals surface area contributed by atoms with Crippen LogP contribution in [0.25, 0.3) is 0 Å². The largest absolute Gasteiger partial charge is 0.414 e. The van der Waals surface area contributed by atoms with Crippen molar-refractivity contribution in [2.24, 2.45) is 29.1 Å². The molecule has 3 fully saturated rings. The van der Waals surface area contributed by atoms with Crippen molar-refractivity contribution in [2.75, 3.05) is 0 Å². The highest BCUT2D eigenvalue weighted by Crippen LogP contribution is 2.60. The summed E-state index contributed by atoms with van der Waals surface area (Å²) in [5.41, 5.74) is 3.54. The van der Waals surface area contributed by atoms with E-state index in [0.29, 0.717) is 17.3 Å². The van der Waals surface area contributed by atoms with Gasteiger partial charge in [0.1, 0.15) is 0 Å². The van der Waals surface area contributed by atoms with Gasteiger partial charge in [0.15, 0.2) is 16.6 Å². The Morgan fingerprint density at radius 1 is 1.00 bits per heavy atom. The molecule has 0 aromatic rings. The lowest BCUT2D eigenvalue weighted by atomic mass is 9.61. The van der Waals surface area contributed by atoms with Crippen LogP contribution in [0.15, 0.2) is 34.0 Å². The van der Waals surface area contributed by atoms with Gasteiger partial charge in [-0.15, -0.1) is 0 Å². The van der Waals surface area contributed by atoms with Crippen molar-refractivity contribution < 1.29 is 8.85 Å². The molecule has 7 atom stereocenters. The van der Waals surface area contributed by atoms with E-state index in [9.17, 15) is 0 Å². The molecule has 230 valence electrons. The van der Waals surface area contributed by atoms with Gasteiger partial charge in [-0.2, -0.15) is 0 Å². The van der Waals surface area contributed by atoms with Crippen LogP contribution in [0.1, 0.15) is 107 Å². The number of hydrogen-bond acceptors (Lipinski definition) is 2. The smallest absolute Gasteiger partial charge is 0.192 e. The quantitative estimate of drug-likeness (QED) is 0.143. The van der Waals surface area contributed by atoms with Crippen LogP contribution in [-0.2, 0) is 8.85 Å². The Kier molecular flexibility index (Phi) is 11.1. The highest BCUT2D eigenvalue weighted by atomic mass is 127. The summed E-state index contributed by atoms with van der Waals surface area (Å²) in [6.45, 7) is 33.5. The first kappa shape index (κ1) is 34.8. The zero-order valence-electron chi connectivity index (χ0n) is 28.3. The Morgan fingerprint density at radius 2 is 1.60 bits per heavy atom. The molecule has 3 aliphatic carbocycles. The van der Waals surface area contributed by atoms with E-state index in [-0.39, 0.29) is 22.3 Å². The van der Waals surface area contributed by atoms with E-state index < -0.39 is 16.6 Å². The van der Waals surface area contributed by atoms with Crippen LogP contribution >= 0.6 is 22.6 Å². The summed E-state index contributed by atoms with van der Waals surface area (Å²) in [6.07, 6.45) is 15.4. The lowest BCUT2D eigenvalue weighted by Crippen LogP contribution is -2.50. The molecular formula is C35H63IO2Si2. The summed E-state index contributed by atoms with van der Waals surface area (Å²) in [5.74, 6) is 2.68. The maximum atomic E-state index is 7.10. The van der Waals surface area contributed by atoms with Crippen LogP contribution in [0, 0.1) is 29.1 Å². The molecule has 3 aliphatic rings. The second-order valence-corrected chi connectivity index (χ2v) is 27.1. The highest BCUT2D eigenvalue weighted by molar-refractivity contribution is 14.1. The summed E-state index contributed by atoms with van der Waals surface area (Å²) >= 11 is 2.40. The van der Waals surface area contributed by atoms with E-state index in [1.165, 1.54) is 37.7 Å². The van der Waals surface area contributed by atoms with Gasteiger partial charge in [-0.3, -0.25) is 0 Å². The Hall–Kier alpha value is 0.304. The molecule has 0 saturated heterocycles. The number of rotatable bonds is 8. The predicted molar refractivity (Wildman–Crippen MR) is 189 cm³/mol. The molecular weight excluding hydrogens is 635 g/mol. The predicted octanol–water partition coefficient (Wildman–Crippen LogP) is 11.9. The van der Waals surface area contributed by atoms with Crippen molar-refractivity contribution in [1.82, 2.24) is 0 Å². The second kappa shape index (κ2) is 12.7. The van der Waals surface area contributed by atoms with Gasteiger partial charge in [0.25, 0.3) is 0 Å². The van der Waals surface area contributed by atoms with Crippen LogP contribution < -0.4 is 0 Å². The Morgan fingerprint density at radius 3 is 2.17 bits per heavy atom. The number of fused-ring (bicyclic) bond motifs is 1. The molecule has 3 saturated carbocycles. The van der Waals surface area contributed by atoms with Gasteiger partial charge >= 0.3 is 0 Å². The zero-order chi connectivity index (χ0) is 30.3. The van der Waals surface area contributed by atoms with Crippen molar-refractivity contribution in [3.63, 3.8) is 0 Å². The van der Waals surface area contributed by atoms with E-state index in [1.54, 1.807) is 5.57 Å². The summed E-state index contributed by atoms with van der Waals surface area (Å²) in [6, 6.07) is 0. The maximum Gasteiger partial charge on any atom is 0.192 e. The fourth-order valence-corrected chi connectivity index (χ4v) is 10.9. The Balaban J connectivity index is 1.85. The van der Waals surface area contributed by atoms with Crippen molar-refractivity contribution >= 4 is 39.2 Å². The first-order valence-corrected chi connectivity index (χ1v) is 23.3. The van der Waals surface area contributed by atoms with E-state index >= 15 is 0 Å². The molecule has 0 spiro atoms.